The van der Waals surface area contributed by atoms with E-state index in [1.54, 1.807) is 42.5 Å². The average Bonchev–Trinajstić information content (AvgIpc) is 2.87. The van der Waals surface area contributed by atoms with Crippen LogP contribution in [0.4, 0.5) is 11.4 Å². The molecule has 2 N–H and O–H groups in total. The minimum atomic E-state index is -0.580. The quantitative estimate of drug-likeness (QED) is 0.349. The molecule has 3 aromatic carbocycles. The molecule has 0 saturated heterocycles. The lowest BCUT2D eigenvalue weighted by Crippen LogP contribution is -2.20. The number of methoxy groups -OCH3 is 2. The fourth-order valence-electron chi connectivity index (χ4n) is 3.12. The van der Waals surface area contributed by atoms with Crippen molar-refractivity contribution in [1.29, 1.82) is 5.26 Å². The van der Waals surface area contributed by atoms with E-state index >= 15 is 0 Å². The second-order valence-electron chi connectivity index (χ2n) is 7.44. The summed E-state index contributed by atoms with van der Waals surface area (Å²) in [5.74, 6) is 0.279. The number of hydrogen-bond donors (Lipinski definition) is 2. The number of anilines is 2. The number of carbonyl (C=O) groups is 2. The number of benzene rings is 3. The zero-order chi connectivity index (χ0) is 25.2. The third-order valence-corrected chi connectivity index (χ3v) is 4.91. The maximum absolute atomic E-state index is 12.6. The number of nitrogens with one attached hydrogen (secondary N) is 2. The van der Waals surface area contributed by atoms with Gasteiger partial charge in [0, 0.05) is 5.69 Å². The second kappa shape index (κ2) is 11.9. The smallest absolute Gasteiger partial charge is 0.266 e. The highest BCUT2D eigenvalue weighted by molar-refractivity contribution is 6.10. The summed E-state index contributed by atoms with van der Waals surface area (Å²) in [7, 11) is 2.95. The number of nitrogens with zero attached hydrogens (tertiary/aromatic N) is 1. The Morgan fingerprint density at radius 2 is 1.63 bits per heavy atom. The molecule has 3 rings (SSSR count). The van der Waals surface area contributed by atoms with E-state index in [0.717, 1.165) is 5.56 Å². The van der Waals surface area contributed by atoms with Gasteiger partial charge in [0.15, 0.2) is 18.1 Å². The molecule has 0 fully saturated rings. The van der Waals surface area contributed by atoms with Crippen LogP contribution in [0.2, 0.25) is 0 Å². The van der Waals surface area contributed by atoms with E-state index in [-0.39, 0.29) is 18.1 Å². The Labute approximate surface area is 203 Å². The molecule has 8 nitrogen and oxygen atoms in total. The minimum absolute atomic E-state index is 0.107. The van der Waals surface area contributed by atoms with E-state index in [1.807, 2.05) is 37.3 Å². The van der Waals surface area contributed by atoms with Gasteiger partial charge in [-0.2, -0.15) is 5.26 Å². The fraction of sp³-hybridized carbons (Fsp3) is 0.148. The summed E-state index contributed by atoms with van der Waals surface area (Å²) in [5.41, 5.74) is 2.66. The number of aryl methyl sites for hydroxylation is 1. The number of para-hydroxylation sites is 2. The summed E-state index contributed by atoms with van der Waals surface area (Å²) in [4.78, 5) is 24.8. The van der Waals surface area contributed by atoms with Crippen LogP contribution in [0.25, 0.3) is 6.08 Å². The van der Waals surface area contributed by atoms with Gasteiger partial charge in [-0.15, -0.1) is 0 Å². The molecule has 3 aromatic rings. The van der Waals surface area contributed by atoms with E-state index in [1.165, 1.54) is 20.3 Å². The topological polar surface area (TPSA) is 110 Å². The van der Waals surface area contributed by atoms with Crippen molar-refractivity contribution in [2.24, 2.45) is 0 Å². The predicted molar refractivity (Wildman–Crippen MR) is 134 cm³/mol. The molecule has 0 radical (unpaired) electrons. The molecular weight excluding hydrogens is 446 g/mol. The Hall–Kier alpha value is -4.77. The molecule has 0 aromatic heterocycles. The first kappa shape index (κ1) is 24.9. The van der Waals surface area contributed by atoms with Crippen molar-refractivity contribution >= 4 is 29.3 Å². The van der Waals surface area contributed by atoms with Gasteiger partial charge in [-0.05, 0) is 55.0 Å². The van der Waals surface area contributed by atoms with Gasteiger partial charge in [0.2, 0.25) is 0 Å². The number of amides is 2. The lowest BCUT2D eigenvalue weighted by Gasteiger charge is -2.12. The molecule has 0 saturated carbocycles. The van der Waals surface area contributed by atoms with Crippen LogP contribution >= 0.6 is 0 Å². The van der Waals surface area contributed by atoms with Crippen molar-refractivity contribution in [3.8, 4) is 23.3 Å². The molecule has 0 heterocycles. The average molecular weight is 472 g/mol. The molecule has 35 heavy (non-hydrogen) atoms. The van der Waals surface area contributed by atoms with Crippen LogP contribution in [-0.2, 0) is 9.59 Å². The standard InChI is InChI=1S/C27H25N3O5/c1-18-8-11-21(12-9-18)29-26(31)17-35-24-13-10-19(15-25(24)34-3)14-20(16-28)27(32)30-22-6-4-5-7-23(22)33-2/h4-15H,17H2,1-3H3,(H,29,31)(H,30,32)/b20-14+. The van der Waals surface area contributed by atoms with Crippen molar-refractivity contribution < 1.29 is 23.8 Å². The summed E-state index contributed by atoms with van der Waals surface area (Å²) in [5, 5.41) is 14.9. The van der Waals surface area contributed by atoms with Gasteiger partial charge in [-0.1, -0.05) is 35.9 Å². The zero-order valence-electron chi connectivity index (χ0n) is 19.6. The van der Waals surface area contributed by atoms with Crippen LogP contribution in [0.3, 0.4) is 0 Å². The number of carbonyl (C=O) groups excluding carboxylic acids is 2. The molecule has 0 aliphatic carbocycles. The monoisotopic (exact) mass is 471 g/mol. The first-order valence-corrected chi connectivity index (χ1v) is 10.7. The Kier molecular flexibility index (Phi) is 8.46. The summed E-state index contributed by atoms with van der Waals surface area (Å²) in [6.07, 6.45) is 1.43. The van der Waals surface area contributed by atoms with E-state index in [2.05, 4.69) is 10.6 Å². The molecular formula is C27H25N3O5. The molecule has 0 aliphatic heterocycles. The van der Waals surface area contributed by atoms with Gasteiger partial charge in [0.25, 0.3) is 11.8 Å². The van der Waals surface area contributed by atoms with Crippen LogP contribution in [0.1, 0.15) is 11.1 Å². The lowest BCUT2D eigenvalue weighted by atomic mass is 10.1. The van der Waals surface area contributed by atoms with E-state index in [9.17, 15) is 14.9 Å². The highest BCUT2D eigenvalue weighted by Crippen LogP contribution is 2.29. The largest absolute Gasteiger partial charge is 0.495 e. The third kappa shape index (κ3) is 6.85. The highest BCUT2D eigenvalue weighted by Gasteiger charge is 2.14. The molecule has 0 spiro atoms. The summed E-state index contributed by atoms with van der Waals surface area (Å²) in [6, 6.07) is 21.1. The van der Waals surface area contributed by atoms with Gasteiger partial charge in [0.1, 0.15) is 17.4 Å². The summed E-state index contributed by atoms with van der Waals surface area (Å²) < 4.78 is 16.2. The molecule has 0 unspecified atom stereocenters. The number of nitriles is 1. The number of ether oxygens (including phenoxy) is 3. The normalized spacial score (nSPS) is 10.6. The Morgan fingerprint density at radius 1 is 0.914 bits per heavy atom. The third-order valence-electron chi connectivity index (χ3n) is 4.91. The Morgan fingerprint density at radius 3 is 2.31 bits per heavy atom. The summed E-state index contributed by atoms with van der Waals surface area (Å²) in [6.45, 7) is 1.75. The fourth-order valence-corrected chi connectivity index (χ4v) is 3.12. The van der Waals surface area contributed by atoms with Crippen molar-refractivity contribution in [1.82, 2.24) is 0 Å². The Bertz CT molecular complexity index is 1280. The van der Waals surface area contributed by atoms with Gasteiger partial charge >= 0.3 is 0 Å². The van der Waals surface area contributed by atoms with Gasteiger partial charge in [-0.3, -0.25) is 9.59 Å². The molecule has 0 aliphatic rings. The number of rotatable bonds is 9. The van der Waals surface area contributed by atoms with Crippen LogP contribution < -0.4 is 24.8 Å². The van der Waals surface area contributed by atoms with Crippen LogP contribution in [-0.4, -0.2) is 32.6 Å². The van der Waals surface area contributed by atoms with Crippen LogP contribution in [0.15, 0.2) is 72.3 Å². The van der Waals surface area contributed by atoms with Crippen molar-refractivity contribution in [2.75, 3.05) is 31.5 Å². The van der Waals surface area contributed by atoms with Gasteiger partial charge in [0.05, 0.1) is 19.9 Å². The van der Waals surface area contributed by atoms with Gasteiger partial charge < -0.3 is 24.8 Å². The molecule has 8 heteroatoms. The molecule has 178 valence electrons. The second-order valence-corrected chi connectivity index (χ2v) is 7.44. The molecule has 0 atom stereocenters. The first-order chi connectivity index (χ1) is 16.9. The Balaban J connectivity index is 1.68. The van der Waals surface area contributed by atoms with Crippen LogP contribution in [0.5, 0.6) is 17.2 Å². The molecule has 2 amide bonds. The van der Waals surface area contributed by atoms with Crippen molar-refractivity contribution in [3.05, 3.63) is 83.4 Å². The van der Waals surface area contributed by atoms with Crippen LogP contribution in [0, 0.1) is 18.3 Å². The highest BCUT2D eigenvalue weighted by atomic mass is 16.5. The van der Waals surface area contributed by atoms with E-state index in [4.69, 9.17) is 14.2 Å². The van der Waals surface area contributed by atoms with Crippen molar-refractivity contribution in [3.63, 3.8) is 0 Å². The summed E-state index contributed by atoms with van der Waals surface area (Å²) >= 11 is 0. The maximum atomic E-state index is 12.6. The lowest BCUT2D eigenvalue weighted by molar-refractivity contribution is -0.118. The maximum Gasteiger partial charge on any atom is 0.266 e. The van der Waals surface area contributed by atoms with E-state index < -0.39 is 5.91 Å². The van der Waals surface area contributed by atoms with Gasteiger partial charge in [-0.25, -0.2) is 0 Å². The van der Waals surface area contributed by atoms with Crippen molar-refractivity contribution in [2.45, 2.75) is 6.92 Å². The minimum Gasteiger partial charge on any atom is -0.495 e. The number of hydrogen-bond acceptors (Lipinski definition) is 6. The van der Waals surface area contributed by atoms with E-state index in [0.29, 0.717) is 34.2 Å². The molecule has 0 bridgehead atoms. The zero-order valence-corrected chi connectivity index (χ0v) is 19.6. The first-order valence-electron chi connectivity index (χ1n) is 10.7. The predicted octanol–water partition coefficient (Wildman–Crippen LogP) is 4.58. The SMILES string of the molecule is COc1ccccc1NC(=O)/C(C#N)=C/c1ccc(OCC(=O)Nc2ccc(C)cc2)c(OC)c1.